The van der Waals surface area contributed by atoms with Gasteiger partial charge in [-0.25, -0.2) is 0 Å². The molecule has 0 spiro atoms. The van der Waals surface area contributed by atoms with E-state index >= 15 is 0 Å². The lowest BCUT2D eigenvalue weighted by molar-refractivity contribution is -0.152. The molecule has 2 aliphatic rings. The summed E-state index contributed by atoms with van der Waals surface area (Å²) in [5.41, 5.74) is 2.19. The van der Waals surface area contributed by atoms with Crippen LogP contribution in [0.1, 0.15) is 25.8 Å². The number of aryl methyl sites for hydroxylation is 1. The molecule has 0 heterocycles. The van der Waals surface area contributed by atoms with Crippen molar-refractivity contribution >= 4 is 33.5 Å². The van der Waals surface area contributed by atoms with Gasteiger partial charge in [0.15, 0.2) is 0 Å². The Kier molecular flexibility index (Phi) is 4.39. The molecule has 3 aromatic carbocycles. The predicted octanol–water partition coefficient (Wildman–Crippen LogP) is 5.37. The van der Waals surface area contributed by atoms with Gasteiger partial charge in [-0.05, 0) is 54.0 Å². The van der Waals surface area contributed by atoms with Gasteiger partial charge in [0.25, 0.3) is 0 Å². The van der Waals surface area contributed by atoms with E-state index in [0.717, 1.165) is 45.5 Å². The van der Waals surface area contributed by atoms with Crippen LogP contribution < -0.4 is 4.74 Å². The molecule has 1 fully saturated rings. The smallest absolute Gasteiger partial charge is 0.315 e. The van der Waals surface area contributed by atoms with Gasteiger partial charge >= 0.3 is 11.9 Å². The van der Waals surface area contributed by atoms with Crippen molar-refractivity contribution in [2.75, 3.05) is 0 Å². The number of aliphatic carboxylic acids is 1. The summed E-state index contributed by atoms with van der Waals surface area (Å²) in [4.78, 5) is 25.4. The monoisotopic (exact) mass is 400 g/mol. The zero-order chi connectivity index (χ0) is 21.0. The fourth-order valence-electron chi connectivity index (χ4n) is 5.57. The Hall–Kier alpha value is -3.14. The van der Waals surface area contributed by atoms with E-state index in [1.165, 1.54) is 0 Å². The normalized spacial score (nSPS) is 24.9. The minimum Gasteiger partial charge on any atom is -0.481 e. The summed E-state index contributed by atoms with van der Waals surface area (Å²) in [6, 6.07) is 16.1. The van der Waals surface area contributed by atoms with Gasteiger partial charge in [0.2, 0.25) is 0 Å². The Balaban J connectivity index is 1.64. The van der Waals surface area contributed by atoms with Crippen molar-refractivity contribution in [1.82, 2.24) is 0 Å². The van der Waals surface area contributed by atoms with E-state index in [1.54, 1.807) is 0 Å². The van der Waals surface area contributed by atoms with Crippen molar-refractivity contribution in [2.24, 2.45) is 23.7 Å². The van der Waals surface area contributed by atoms with Crippen molar-refractivity contribution in [3.8, 4) is 5.75 Å². The summed E-state index contributed by atoms with van der Waals surface area (Å²) >= 11 is 0. The number of carboxylic acid groups (broad SMARTS) is 1. The highest BCUT2D eigenvalue weighted by molar-refractivity contribution is 6.08. The maximum absolute atomic E-state index is 13.4. The van der Waals surface area contributed by atoms with Crippen LogP contribution in [-0.2, 0) is 16.0 Å². The highest BCUT2D eigenvalue weighted by atomic mass is 16.5. The molecule has 5 rings (SSSR count). The molecular weight excluding hydrogens is 376 g/mol. The highest BCUT2D eigenvalue weighted by Gasteiger charge is 2.54. The fourth-order valence-corrected chi connectivity index (χ4v) is 5.57. The number of hydrogen-bond acceptors (Lipinski definition) is 3. The molecule has 0 aliphatic heterocycles. The molecule has 0 radical (unpaired) electrons. The van der Waals surface area contributed by atoms with Crippen LogP contribution in [0.25, 0.3) is 21.5 Å². The maximum atomic E-state index is 13.4. The lowest BCUT2D eigenvalue weighted by atomic mass is 9.80. The van der Waals surface area contributed by atoms with Gasteiger partial charge in [0, 0.05) is 10.8 Å². The molecule has 4 heteroatoms. The number of allylic oxidation sites excluding steroid dienone is 2. The lowest BCUT2D eigenvalue weighted by Crippen LogP contribution is -2.36. The molecule has 0 amide bonds. The molecule has 3 aromatic rings. The van der Waals surface area contributed by atoms with E-state index < -0.39 is 23.8 Å². The number of hydrogen-bond donors (Lipinski definition) is 1. The number of carbonyl (C=O) groups excluding carboxylic acids is 1. The van der Waals surface area contributed by atoms with Crippen molar-refractivity contribution in [3.63, 3.8) is 0 Å². The Morgan fingerprint density at radius 2 is 1.83 bits per heavy atom. The summed E-state index contributed by atoms with van der Waals surface area (Å²) < 4.78 is 6.10. The molecule has 0 saturated heterocycles. The SMILES string of the molecule is CCc1cccc2cc3ccccc3c(OC(=O)C3C4C=C(C)C(C4)C3C(=O)O)c12. The van der Waals surface area contributed by atoms with Crippen molar-refractivity contribution in [1.29, 1.82) is 0 Å². The molecule has 4 atom stereocenters. The lowest BCUT2D eigenvalue weighted by Gasteiger charge is -2.26. The Bertz CT molecular complexity index is 1220. The molecule has 152 valence electrons. The quantitative estimate of drug-likeness (QED) is 0.277. The Morgan fingerprint density at radius 3 is 2.60 bits per heavy atom. The summed E-state index contributed by atoms with van der Waals surface area (Å²) in [5, 5.41) is 13.7. The van der Waals surface area contributed by atoms with Crippen molar-refractivity contribution in [2.45, 2.75) is 26.7 Å². The molecule has 0 aromatic heterocycles. The van der Waals surface area contributed by atoms with Crippen LogP contribution in [-0.4, -0.2) is 17.0 Å². The third-order valence-electron chi connectivity index (χ3n) is 6.94. The van der Waals surface area contributed by atoms with Crippen molar-refractivity contribution in [3.05, 3.63) is 65.7 Å². The third kappa shape index (κ3) is 2.74. The summed E-state index contributed by atoms with van der Waals surface area (Å²) in [5.74, 6) is -2.26. The first-order valence-electron chi connectivity index (χ1n) is 10.6. The highest BCUT2D eigenvalue weighted by Crippen LogP contribution is 2.52. The van der Waals surface area contributed by atoms with E-state index in [0.29, 0.717) is 5.75 Å². The number of fused-ring (bicyclic) bond motifs is 4. The van der Waals surface area contributed by atoms with Gasteiger partial charge in [0.1, 0.15) is 5.75 Å². The molecule has 4 unspecified atom stereocenters. The second kappa shape index (κ2) is 6.98. The van der Waals surface area contributed by atoms with Crippen LogP contribution in [0.15, 0.2) is 60.2 Å². The van der Waals surface area contributed by atoms with Gasteiger partial charge in [-0.1, -0.05) is 61.0 Å². The average Bonchev–Trinajstić information content (AvgIpc) is 3.30. The fraction of sp³-hybridized carbons (Fsp3) is 0.308. The van der Waals surface area contributed by atoms with Crippen LogP contribution >= 0.6 is 0 Å². The third-order valence-corrected chi connectivity index (χ3v) is 6.94. The molecule has 2 bridgehead atoms. The first-order chi connectivity index (χ1) is 14.5. The number of carbonyl (C=O) groups is 2. The van der Waals surface area contributed by atoms with E-state index in [-0.39, 0.29) is 11.8 Å². The summed E-state index contributed by atoms with van der Waals surface area (Å²) in [7, 11) is 0. The predicted molar refractivity (Wildman–Crippen MR) is 116 cm³/mol. The molecule has 30 heavy (non-hydrogen) atoms. The second-order valence-corrected chi connectivity index (χ2v) is 8.52. The van der Waals surface area contributed by atoms with Crippen LogP contribution in [0.5, 0.6) is 5.75 Å². The first-order valence-corrected chi connectivity index (χ1v) is 10.6. The van der Waals surface area contributed by atoms with Crippen LogP contribution in [0.2, 0.25) is 0 Å². The number of rotatable bonds is 4. The first kappa shape index (κ1) is 18.9. The number of ether oxygens (including phenoxy) is 1. The van der Waals surface area contributed by atoms with Gasteiger partial charge in [0.05, 0.1) is 11.8 Å². The van der Waals surface area contributed by atoms with E-state index in [9.17, 15) is 14.7 Å². The topological polar surface area (TPSA) is 63.6 Å². The summed E-state index contributed by atoms with van der Waals surface area (Å²) in [6.07, 6.45) is 3.60. The molecular formula is C26H24O4. The van der Waals surface area contributed by atoms with Gasteiger partial charge in [-0.3, -0.25) is 9.59 Å². The maximum Gasteiger partial charge on any atom is 0.315 e. The number of esters is 1. The zero-order valence-corrected chi connectivity index (χ0v) is 17.1. The van der Waals surface area contributed by atoms with E-state index in [4.69, 9.17) is 4.74 Å². The minimum absolute atomic E-state index is 0.0597. The van der Waals surface area contributed by atoms with Gasteiger partial charge < -0.3 is 9.84 Å². The Morgan fingerprint density at radius 1 is 1.07 bits per heavy atom. The van der Waals surface area contributed by atoms with Crippen LogP contribution in [0, 0.1) is 23.7 Å². The molecule has 1 N–H and O–H groups in total. The molecule has 2 aliphatic carbocycles. The van der Waals surface area contributed by atoms with Crippen LogP contribution in [0.3, 0.4) is 0 Å². The van der Waals surface area contributed by atoms with Crippen molar-refractivity contribution < 1.29 is 19.4 Å². The van der Waals surface area contributed by atoms with E-state index in [2.05, 4.69) is 25.1 Å². The zero-order valence-electron chi connectivity index (χ0n) is 17.1. The average molecular weight is 400 g/mol. The second-order valence-electron chi connectivity index (χ2n) is 8.52. The Labute approximate surface area is 175 Å². The van der Waals surface area contributed by atoms with Gasteiger partial charge in [-0.15, -0.1) is 0 Å². The number of carboxylic acids is 1. The number of benzene rings is 3. The van der Waals surface area contributed by atoms with E-state index in [1.807, 2.05) is 43.3 Å². The molecule has 1 saturated carbocycles. The molecule has 4 nitrogen and oxygen atoms in total. The largest absolute Gasteiger partial charge is 0.481 e. The minimum atomic E-state index is -0.908. The summed E-state index contributed by atoms with van der Waals surface area (Å²) in [6.45, 7) is 4.05. The standard InChI is InChI=1S/C26H24O4/c1-3-15-8-6-9-17-12-16-7-4-5-10-19(16)24(21(15)17)30-26(29)22-18-11-14(2)20(13-18)23(22)25(27)28/h4-12,18,20,22-23H,3,13H2,1-2H3,(H,27,28). The van der Waals surface area contributed by atoms with Crippen LogP contribution in [0.4, 0.5) is 0 Å². The van der Waals surface area contributed by atoms with Gasteiger partial charge in [-0.2, -0.15) is 0 Å².